The van der Waals surface area contributed by atoms with Crippen molar-refractivity contribution in [3.8, 4) is 0 Å². The number of allylic oxidation sites excluding steroid dienone is 1. The molecule has 0 aliphatic carbocycles. The Morgan fingerprint density at radius 1 is 2.00 bits per heavy atom. The Labute approximate surface area is 37.8 Å². The first kappa shape index (κ1) is 5.72. The van der Waals surface area contributed by atoms with Crippen LogP contribution in [0, 0.1) is 0 Å². The third-order valence-electron chi connectivity index (χ3n) is 0.408. The van der Waals surface area contributed by atoms with E-state index in [1.807, 2.05) is 0 Å². The molecule has 0 spiro atoms. The van der Waals surface area contributed by atoms with Gasteiger partial charge in [0.1, 0.15) is 0 Å². The molecule has 0 aromatic carbocycles. The molecule has 2 nitrogen and oxygen atoms in total. The summed E-state index contributed by atoms with van der Waals surface area (Å²) in [6, 6.07) is 0. The first-order valence-corrected chi connectivity index (χ1v) is 1.82. The number of rotatable bonds is 2. The second kappa shape index (κ2) is 2.94. The summed E-state index contributed by atoms with van der Waals surface area (Å²) < 4.78 is 0. The molecule has 3 N–H and O–H groups in total. The van der Waals surface area contributed by atoms with Crippen molar-refractivity contribution in [2.75, 3.05) is 0 Å². The lowest BCUT2D eigenvalue weighted by Gasteiger charge is -1.85. The lowest BCUT2D eigenvalue weighted by molar-refractivity contribution is 0.575. The molecule has 0 saturated heterocycles. The summed E-state index contributed by atoms with van der Waals surface area (Å²) >= 11 is 0. The summed E-state index contributed by atoms with van der Waals surface area (Å²) in [5.74, 6) is 0. The van der Waals surface area contributed by atoms with Gasteiger partial charge in [-0.1, -0.05) is 6.08 Å². The minimum Gasteiger partial charge on any atom is -0.437 e. The molecule has 0 aliphatic heterocycles. The van der Waals surface area contributed by atoms with Crippen LogP contribution < -0.4 is 5.64 Å². The van der Waals surface area contributed by atoms with Crippen molar-refractivity contribution in [1.29, 1.82) is 0 Å². The monoisotopic (exact) mass is 85.1 g/mol. The minimum absolute atomic E-state index is 0.472. The largest absolute Gasteiger partial charge is 0.437 e. The fourth-order valence-electron chi connectivity index (χ4n) is 0.171. The fourth-order valence-corrected chi connectivity index (χ4v) is 0.171. The van der Waals surface area contributed by atoms with Crippen molar-refractivity contribution in [1.82, 2.24) is 0 Å². The molecule has 34 valence electrons. The van der Waals surface area contributed by atoms with Crippen molar-refractivity contribution in [3.63, 3.8) is 0 Å². The predicted molar refractivity (Wildman–Crippen MR) is 27.2 cm³/mol. The van der Waals surface area contributed by atoms with Crippen molar-refractivity contribution in [3.05, 3.63) is 12.7 Å². The van der Waals surface area contributed by atoms with Gasteiger partial charge in [0.05, 0.1) is 0 Å². The standard InChI is InChI=1S/C3H8BNO/c1-2-3-4(5)6/h2,6H,1,3,5H2. The second-order valence-electron chi connectivity index (χ2n) is 1.09. The zero-order valence-corrected chi connectivity index (χ0v) is 3.59. The molecule has 0 radical (unpaired) electrons. The molecular weight excluding hydrogens is 76.9 g/mol. The summed E-state index contributed by atoms with van der Waals surface area (Å²) in [6.45, 7) is 3.36. The fraction of sp³-hybridized carbons (Fsp3) is 0.333. The summed E-state index contributed by atoms with van der Waals surface area (Å²) in [4.78, 5) is 0. The highest BCUT2D eigenvalue weighted by molar-refractivity contribution is 6.46. The Kier molecular flexibility index (Phi) is 2.80. The van der Waals surface area contributed by atoms with E-state index in [4.69, 9.17) is 10.7 Å². The molecule has 6 heavy (non-hydrogen) atoms. The lowest BCUT2D eigenvalue weighted by Crippen LogP contribution is -2.23. The van der Waals surface area contributed by atoms with Crippen LogP contribution in [-0.2, 0) is 0 Å². The normalized spacial score (nSPS) is 7.67. The molecule has 0 heterocycles. The minimum atomic E-state index is -0.720. The van der Waals surface area contributed by atoms with Gasteiger partial charge in [-0.2, -0.15) is 0 Å². The quantitative estimate of drug-likeness (QED) is 0.354. The maximum Gasteiger partial charge on any atom is 0.378 e. The molecule has 3 heteroatoms. The zero-order chi connectivity index (χ0) is 4.99. The molecule has 0 aromatic rings. The SMILES string of the molecule is C=CCB(N)O. The summed E-state index contributed by atoms with van der Waals surface area (Å²) in [5.41, 5.74) is 4.89. The van der Waals surface area contributed by atoms with E-state index in [1.165, 1.54) is 0 Å². The van der Waals surface area contributed by atoms with Crippen LogP contribution in [0.3, 0.4) is 0 Å². The Balaban J connectivity index is 2.81. The molecule has 0 bridgehead atoms. The molecule has 0 atom stereocenters. The van der Waals surface area contributed by atoms with E-state index in [2.05, 4.69) is 6.58 Å². The van der Waals surface area contributed by atoms with Gasteiger partial charge < -0.3 is 10.7 Å². The van der Waals surface area contributed by atoms with Crippen molar-refractivity contribution < 1.29 is 5.02 Å². The molecule has 0 saturated carbocycles. The Bertz CT molecular complexity index is 46.1. The van der Waals surface area contributed by atoms with Gasteiger partial charge in [0.2, 0.25) is 0 Å². The van der Waals surface area contributed by atoms with Crippen LogP contribution in [0.25, 0.3) is 0 Å². The summed E-state index contributed by atoms with van der Waals surface area (Å²) in [5, 5.41) is 8.26. The molecule has 0 unspecified atom stereocenters. The first-order chi connectivity index (χ1) is 2.77. The van der Waals surface area contributed by atoms with Gasteiger partial charge in [0, 0.05) is 0 Å². The van der Waals surface area contributed by atoms with E-state index in [1.54, 1.807) is 6.08 Å². The topological polar surface area (TPSA) is 46.2 Å². The average Bonchev–Trinajstić information content (AvgIpc) is 1.35. The van der Waals surface area contributed by atoms with Gasteiger partial charge in [-0.25, -0.2) is 0 Å². The molecule has 0 amide bonds. The van der Waals surface area contributed by atoms with Crippen LogP contribution in [0.15, 0.2) is 12.7 Å². The van der Waals surface area contributed by atoms with Crippen molar-refractivity contribution in [2.24, 2.45) is 5.64 Å². The van der Waals surface area contributed by atoms with E-state index in [0.29, 0.717) is 6.32 Å². The highest BCUT2D eigenvalue weighted by Gasteiger charge is 1.95. The number of hydrogen-bond donors (Lipinski definition) is 2. The van der Waals surface area contributed by atoms with Crippen molar-refractivity contribution >= 4 is 7.05 Å². The Morgan fingerprint density at radius 3 is 2.50 bits per heavy atom. The van der Waals surface area contributed by atoms with Crippen LogP contribution in [-0.4, -0.2) is 12.1 Å². The van der Waals surface area contributed by atoms with E-state index < -0.39 is 7.05 Å². The van der Waals surface area contributed by atoms with Gasteiger partial charge in [-0.3, -0.25) is 0 Å². The highest BCUT2D eigenvalue weighted by Crippen LogP contribution is 1.76. The molecule has 0 rings (SSSR count). The van der Waals surface area contributed by atoms with E-state index in [-0.39, 0.29) is 0 Å². The van der Waals surface area contributed by atoms with Crippen LogP contribution in [0.2, 0.25) is 6.32 Å². The summed E-state index contributed by atoms with van der Waals surface area (Å²) in [7, 11) is -0.720. The maximum absolute atomic E-state index is 8.26. The zero-order valence-electron chi connectivity index (χ0n) is 3.59. The van der Waals surface area contributed by atoms with Crippen LogP contribution >= 0.6 is 0 Å². The number of nitrogens with two attached hydrogens (primary N) is 1. The number of hydrogen-bond acceptors (Lipinski definition) is 2. The van der Waals surface area contributed by atoms with E-state index in [0.717, 1.165) is 0 Å². The maximum atomic E-state index is 8.26. The smallest absolute Gasteiger partial charge is 0.378 e. The first-order valence-electron chi connectivity index (χ1n) is 1.82. The van der Waals surface area contributed by atoms with Gasteiger partial charge in [0.25, 0.3) is 0 Å². The Morgan fingerprint density at radius 2 is 2.50 bits per heavy atom. The molecule has 0 aromatic heterocycles. The van der Waals surface area contributed by atoms with Gasteiger partial charge in [-0.05, 0) is 6.32 Å². The third kappa shape index (κ3) is 3.72. The predicted octanol–water partition coefficient (Wildman–Crippen LogP) is -0.388. The average molecular weight is 84.9 g/mol. The van der Waals surface area contributed by atoms with Crippen LogP contribution in [0.1, 0.15) is 0 Å². The summed E-state index contributed by atoms with van der Waals surface area (Å²) in [6.07, 6.45) is 2.05. The van der Waals surface area contributed by atoms with E-state index >= 15 is 0 Å². The van der Waals surface area contributed by atoms with Crippen molar-refractivity contribution in [2.45, 2.75) is 6.32 Å². The molecular formula is C3H8BNO. The van der Waals surface area contributed by atoms with Crippen LogP contribution in [0.5, 0.6) is 0 Å². The van der Waals surface area contributed by atoms with Gasteiger partial charge in [-0.15, -0.1) is 6.58 Å². The lowest BCUT2D eigenvalue weighted by atomic mass is 9.82. The van der Waals surface area contributed by atoms with Gasteiger partial charge >= 0.3 is 7.05 Å². The molecule has 0 aliphatic rings. The third-order valence-corrected chi connectivity index (χ3v) is 0.408. The van der Waals surface area contributed by atoms with E-state index in [9.17, 15) is 0 Å². The van der Waals surface area contributed by atoms with Gasteiger partial charge in [0.15, 0.2) is 0 Å². The highest BCUT2D eigenvalue weighted by atomic mass is 16.2. The second-order valence-corrected chi connectivity index (χ2v) is 1.09. The molecule has 0 fully saturated rings. The van der Waals surface area contributed by atoms with Crippen LogP contribution in [0.4, 0.5) is 0 Å². The Hall–Kier alpha value is -0.275.